The number of ether oxygens (including phenoxy) is 1. The third-order valence-corrected chi connectivity index (χ3v) is 5.17. The minimum Gasteiger partial charge on any atom is -0.467 e. The molecule has 2 heterocycles. The highest BCUT2D eigenvalue weighted by molar-refractivity contribution is 14.1. The summed E-state index contributed by atoms with van der Waals surface area (Å²) in [5, 5.41) is 3.70. The van der Waals surface area contributed by atoms with E-state index < -0.39 is 0 Å². The van der Waals surface area contributed by atoms with Crippen LogP contribution in [0.25, 0.3) is 10.2 Å². The molecule has 0 unspecified atom stereocenters. The molecule has 1 aromatic carbocycles. The lowest BCUT2D eigenvalue weighted by Gasteiger charge is -2.08. The molecule has 23 heavy (non-hydrogen) atoms. The number of benzene rings is 1. The SMILES string of the molecule is Cc1sc2ncnc(OCC(=O)Nc3cccc(I)c3)c2c1C. The number of hydrogen-bond donors (Lipinski definition) is 1. The minimum atomic E-state index is -0.219. The van der Waals surface area contributed by atoms with Gasteiger partial charge in [0.2, 0.25) is 5.88 Å². The number of aromatic nitrogens is 2. The van der Waals surface area contributed by atoms with E-state index in [4.69, 9.17) is 4.74 Å². The van der Waals surface area contributed by atoms with Crippen molar-refractivity contribution in [3.8, 4) is 5.88 Å². The van der Waals surface area contributed by atoms with Crippen LogP contribution >= 0.6 is 33.9 Å². The van der Waals surface area contributed by atoms with Crippen LogP contribution in [0.4, 0.5) is 5.69 Å². The van der Waals surface area contributed by atoms with Crippen molar-refractivity contribution in [2.45, 2.75) is 13.8 Å². The number of halogens is 1. The fourth-order valence-electron chi connectivity index (χ4n) is 2.16. The molecule has 0 aliphatic rings. The average molecular weight is 439 g/mol. The lowest BCUT2D eigenvalue weighted by Crippen LogP contribution is -2.20. The van der Waals surface area contributed by atoms with Crippen LogP contribution in [0.15, 0.2) is 30.6 Å². The van der Waals surface area contributed by atoms with Gasteiger partial charge in [-0.2, -0.15) is 0 Å². The predicted molar refractivity (Wildman–Crippen MR) is 100 cm³/mol. The van der Waals surface area contributed by atoms with Crippen LogP contribution < -0.4 is 10.1 Å². The highest BCUT2D eigenvalue weighted by Gasteiger charge is 2.14. The Morgan fingerprint density at radius 1 is 1.35 bits per heavy atom. The van der Waals surface area contributed by atoms with Gasteiger partial charge in [-0.3, -0.25) is 4.79 Å². The lowest BCUT2D eigenvalue weighted by molar-refractivity contribution is -0.118. The van der Waals surface area contributed by atoms with Gasteiger partial charge in [-0.1, -0.05) is 6.07 Å². The Kier molecular flexibility index (Phi) is 4.76. The third-order valence-electron chi connectivity index (χ3n) is 3.38. The largest absolute Gasteiger partial charge is 0.467 e. The smallest absolute Gasteiger partial charge is 0.262 e. The summed E-state index contributed by atoms with van der Waals surface area (Å²) in [6.07, 6.45) is 1.46. The zero-order valence-corrected chi connectivity index (χ0v) is 15.6. The number of nitrogens with one attached hydrogen (secondary N) is 1. The Bertz CT molecular complexity index is 879. The van der Waals surface area contributed by atoms with Crippen LogP contribution in [0.2, 0.25) is 0 Å². The maximum Gasteiger partial charge on any atom is 0.262 e. The van der Waals surface area contributed by atoms with Gasteiger partial charge < -0.3 is 10.1 Å². The number of rotatable bonds is 4. The van der Waals surface area contributed by atoms with Crippen molar-refractivity contribution in [3.63, 3.8) is 0 Å². The Hall–Kier alpha value is -1.74. The first-order chi connectivity index (χ1) is 11.0. The highest BCUT2D eigenvalue weighted by atomic mass is 127. The number of carbonyl (C=O) groups is 1. The first kappa shape index (κ1) is 16.1. The van der Waals surface area contributed by atoms with Crippen molar-refractivity contribution in [2.24, 2.45) is 0 Å². The summed E-state index contributed by atoms with van der Waals surface area (Å²) in [6.45, 7) is 3.96. The van der Waals surface area contributed by atoms with Crippen molar-refractivity contribution >= 4 is 55.7 Å². The standard InChI is InChI=1S/C16H14IN3O2S/c1-9-10(2)23-16-14(9)15(18-8-19-16)22-7-13(21)20-12-5-3-4-11(17)6-12/h3-6,8H,7H2,1-2H3,(H,20,21). The Morgan fingerprint density at radius 2 is 2.17 bits per heavy atom. The first-order valence-corrected chi connectivity index (χ1v) is 8.83. The second-order valence-electron chi connectivity index (χ2n) is 4.99. The lowest BCUT2D eigenvalue weighted by atomic mass is 10.2. The number of nitrogens with zero attached hydrogens (tertiary/aromatic N) is 2. The van der Waals surface area contributed by atoms with Crippen molar-refractivity contribution in [1.82, 2.24) is 9.97 Å². The maximum absolute atomic E-state index is 12.0. The molecule has 0 spiro atoms. The molecule has 118 valence electrons. The molecule has 7 heteroatoms. The van der Waals surface area contributed by atoms with Gasteiger partial charge in [-0.15, -0.1) is 11.3 Å². The van der Waals surface area contributed by atoms with Crippen LogP contribution in [0, 0.1) is 17.4 Å². The van der Waals surface area contributed by atoms with E-state index in [1.165, 1.54) is 11.2 Å². The van der Waals surface area contributed by atoms with Crippen LogP contribution in [0.5, 0.6) is 5.88 Å². The second kappa shape index (κ2) is 6.79. The first-order valence-electron chi connectivity index (χ1n) is 6.93. The zero-order valence-electron chi connectivity index (χ0n) is 12.6. The molecule has 0 bridgehead atoms. The summed E-state index contributed by atoms with van der Waals surface area (Å²) in [5.41, 5.74) is 1.85. The number of anilines is 1. The highest BCUT2D eigenvalue weighted by Crippen LogP contribution is 2.33. The predicted octanol–water partition coefficient (Wildman–Crippen LogP) is 3.93. The molecule has 1 N–H and O–H groups in total. The molecule has 1 amide bonds. The van der Waals surface area contributed by atoms with Crippen molar-refractivity contribution in [2.75, 3.05) is 11.9 Å². The molecule has 3 rings (SSSR count). The van der Waals surface area contributed by atoms with Crippen LogP contribution in [-0.4, -0.2) is 22.5 Å². The Labute approximate surface area is 151 Å². The number of thiophene rings is 1. The molecule has 3 aromatic rings. The van der Waals surface area contributed by atoms with Crippen LogP contribution in [0.3, 0.4) is 0 Å². The number of hydrogen-bond acceptors (Lipinski definition) is 5. The molecule has 2 aromatic heterocycles. The maximum atomic E-state index is 12.0. The summed E-state index contributed by atoms with van der Waals surface area (Å²) in [5.74, 6) is 0.234. The monoisotopic (exact) mass is 439 g/mol. The molecular formula is C16H14IN3O2S. The van der Waals surface area contributed by atoms with E-state index in [2.05, 4.69) is 37.9 Å². The van der Waals surface area contributed by atoms with Gasteiger partial charge in [0.25, 0.3) is 5.91 Å². The summed E-state index contributed by atoms with van der Waals surface area (Å²) >= 11 is 3.80. The third kappa shape index (κ3) is 3.61. The average Bonchev–Trinajstić information content (AvgIpc) is 2.81. The summed E-state index contributed by atoms with van der Waals surface area (Å²) in [4.78, 5) is 22.5. The minimum absolute atomic E-state index is 0.0913. The number of amides is 1. The summed E-state index contributed by atoms with van der Waals surface area (Å²) < 4.78 is 6.68. The normalized spacial score (nSPS) is 10.7. The van der Waals surface area contributed by atoms with E-state index in [1.807, 2.05) is 38.1 Å². The van der Waals surface area contributed by atoms with E-state index in [0.29, 0.717) is 5.88 Å². The van der Waals surface area contributed by atoms with E-state index in [0.717, 1.165) is 25.0 Å². The molecule has 0 saturated heterocycles. The van der Waals surface area contributed by atoms with E-state index in [1.54, 1.807) is 11.3 Å². The van der Waals surface area contributed by atoms with Crippen molar-refractivity contribution < 1.29 is 9.53 Å². The van der Waals surface area contributed by atoms with Gasteiger partial charge in [-0.05, 0) is 60.2 Å². The van der Waals surface area contributed by atoms with E-state index >= 15 is 0 Å². The van der Waals surface area contributed by atoms with Gasteiger partial charge in [0, 0.05) is 14.1 Å². The Morgan fingerprint density at radius 3 is 2.96 bits per heavy atom. The summed E-state index contributed by atoms with van der Waals surface area (Å²) in [7, 11) is 0. The zero-order chi connectivity index (χ0) is 16.4. The Balaban J connectivity index is 1.72. The van der Waals surface area contributed by atoms with Crippen LogP contribution in [-0.2, 0) is 4.79 Å². The fourth-order valence-corrected chi connectivity index (χ4v) is 3.69. The fraction of sp³-hybridized carbons (Fsp3) is 0.188. The van der Waals surface area contributed by atoms with Crippen molar-refractivity contribution in [3.05, 3.63) is 44.6 Å². The molecule has 0 aliphatic heterocycles. The van der Waals surface area contributed by atoms with E-state index in [9.17, 15) is 4.79 Å². The van der Waals surface area contributed by atoms with Gasteiger partial charge in [0.1, 0.15) is 11.2 Å². The quantitative estimate of drug-likeness (QED) is 0.626. The molecule has 0 atom stereocenters. The number of aryl methyl sites for hydroxylation is 2. The summed E-state index contributed by atoms with van der Waals surface area (Å²) in [6, 6.07) is 7.60. The molecule has 0 saturated carbocycles. The number of carbonyl (C=O) groups excluding carboxylic acids is 1. The van der Waals surface area contributed by atoms with Gasteiger partial charge in [0.15, 0.2) is 6.61 Å². The molecule has 0 fully saturated rings. The molecule has 0 aliphatic carbocycles. The van der Waals surface area contributed by atoms with Crippen molar-refractivity contribution in [1.29, 1.82) is 0 Å². The molecule has 0 radical (unpaired) electrons. The van der Waals surface area contributed by atoms with Gasteiger partial charge in [-0.25, -0.2) is 9.97 Å². The van der Waals surface area contributed by atoms with Gasteiger partial charge >= 0.3 is 0 Å². The van der Waals surface area contributed by atoms with Gasteiger partial charge in [0.05, 0.1) is 5.39 Å². The second-order valence-corrected chi connectivity index (χ2v) is 7.44. The molecular weight excluding hydrogens is 425 g/mol. The molecule has 5 nitrogen and oxygen atoms in total. The topological polar surface area (TPSA) is 64.1 Å². The van der Waals surface area contributed by atoms with Crippen LogP contribution in [0.1, 0.15) is 10.4 Å². The van der Waals surface area contributed by atoms with E-state index in [-0.39, 0.29) is 12.5 Å². The number of fused-ring (bicyclic) bond motifs is 1.